The van der Waals surface area contributed by atoms with Crippen LogP contribution in [-0.4, -0.2) is 30.7 Å². The Bertz CT molecular complexity index is 873. The summed E-state index contributed by atoms with van der Waals surface area (Å²) < 4.78 is 29.1. The van der Waals surface area contributed by atoms with Gasteiger partial charge in [0.1, 0.15) is 4.90 Å². The number of carbonyl (C=O) groups is 1. The summed E-state index contributed by atoms with van der Waals surface area (Å²) in [6, 6.07) is 5.46. The normalized spacial score (nSPS) is 14.3. The lowest BCUT2D eigenvalue weighted by atomic mass is 10.0. The minimum Gasteiger partial charge on any atom is -0.325 e. The smallest absolute Gasteiger partial charge is 0.267 e. The van der Waals surface area contributed by atoms with E-state index in [0.29, 0.717) is 24.5 Å². The lowest BCUT2D eigenvalue weighted by molar-refractivity contribution is -0.114. The maximum Gasteiger partial charge on any atom is 0.267 e. The maximum atomic E-state index is 13.1. The second-order valence-corrected chi connectivity index (χ2v) is 7.57. The molecule has 1 aliphatic heterocycles. The zero-order chi connectivity index (χ0) is 17.3. The number of benzene rings is 1. The third-order valence-corrected chi connectivity index (χ3v) is 5.76. The first-order valence-electron chi connectivity index (χ1n) is 7.88. The molecule has 1 amide bonds. The van der Waals surface area contributed by atoms with Gasteiger partial charge in [-0.25, -0.2) is 8.42 Å². The van der Waals surface area contributed by atoms with Crippen LogP contribution in [0.25, 0.3) is 0 Å². The summed E-state index contributed by atoms with van der Waals surface area (Å²) in [6.07, 6.45) is 4.42. The molecule has 1 N–H and O–H groups in total. The molecule has 1 aromatic heterocycles. The van der Waals surface area contributed by atoms with Gasteiger partial charge in [0.25, 0.3) is 10.0 Å². The molecule has 24 heavy (non-hydrogen) atoms. The number of nitrogens with zero attached hydrogens (tertiary/aromatic N) is 3. The Hall–Kier alpha value is -2.35. The molecule has 128 valence electrons. The fraction of sp³-hybridized carbons (Fsp3) is 0.375. The van der Waals surface area contributed by atoms with Crippen LogP contribution < -0.4 is 9.62 Å². The number of aryl methyl sites for hydroxylation is 2. The van der Waals surface area contributed by atoms with Crippen molar-refractivity contribution in [1.29, 1.82) is 0 Å². The van der Waals surface area contributed by atoms with E-state index in [-0.39, 0.29) is 10.8 Å². The van der Waals surface area contributed by atoms with E-state index in [4.69, 9.17) is 0 Å². The van der Waals surface area contributed by atoms with Crippen molar-refractivity contribution in [3.8, 4) is 0 Å². The Kier molecular flexibility index (Phi) is 4.31. The van der Waals surface area contributed by atoms with Crippen LogP contribution >= 0.6 is 0 Å². The van der Waals surface area contributed by atoms with Crippen LogP contribution in [0, 0.1) is 0 Å². The monoisotopic (exact) mass is 348 g/mol. The van der Waals surface area contributed by atoms with Gasteiger partial charge in [-0.05, 0) is 31.4 Å². The number of hydrogen-bond acceptors (Lipinski definition) is 4. The van der Waals surface area contributed by atoms with E-state index in [1.807, 2.05) is 19.1 Å². The van der Waals surface area contributed by atoms with Gasteiger partial charge >= 0.3 is 0 Å². The van der Waals surface area contributed by atoms with Gasteiger partial charge in [-0.1, -0.05) is 12.1 Å². The molecule has 0 saturated carbocycles. The fourth-order valence-corrected chi connectivity index (χ4v) is 4.44. The summed E-state index contributed by atoms with van der Waals surface area (Å²) in [6.45, 7) is 4.29. The van der Waals surface area contributed by atoms with Gasteiger partial charge in [0.15, 0.2) is 0 Å². The van der Waals surface area contributed by atoms with Gasteiger partial charge in [-0.3, -0.25) is 13.8 Å². The van der Waals surface area contributed by atoms with Crippen molar-refractivity contribution in [2.24, 2.45) is 0 Å². The highest BCUT2D eigenvalue weighted by Crippen LogP contribution is 2.37. The minimum absolute atomic E-state index is 0.162. The molecular weight excluding hydrogens is 328 g/mol. The Balaban J connectivity index is 2.10. The van der Waals surface area contributed by atoms with Crippen molar-refractivity contribution in [1.82, 2.24) is 9.78 Å². The first kappa shape index (κ1) is 16.5. The van der Waals surface area contributed by atoms with E-state index >= 15 is 0 Å². The number of para-hydroxylation sites is 1. The predicted octanol–water partition coefficient (Wildman–Crippen LogP) is 2.00. The van der Waals surface area contributed by atoms with Crippen LogP contribution in [0.2, 0.25) is 0 Å². The number of amides is 1. The van der Waals surface area contributed by atoms with E-state index in [2.05, 4.69) is 10.4 Å². The molecular formula is C16H20N4O3S. The highest BCUT2D eigenvalue weighted by molar-refractivity contribution is 7.92. The number of fused-ring (bicyclic) bond motifs is 1. The minimum atomic E-state index is -3.72. The third kappa shape index (κ3) is 2.89. The lowest BCUT2D eigenvalue weighted by Gasteiger charge is -2.31. The van der Waals surface area contributed by atoms with E-state index in [1.165, 1.54) is 23.6 Å². The van der Waals surface area contributed by atoms with Crippen molar-refractivity contribution in [3.05, 3.63) is 36.2 Å². The first-order chi connectivity index (χ1) is 11.4. The zero-order valence-electron chi connectivity index (χ0n) is 13.7. The van der Waals surface area contributed by atoms with E-state index < -0.39 is 10.0 Å². The fourth-order valence-electron chi connectivity index (χ4n) is 2.92. The van der Waals surface area contributed by atoms with Crippen molar-refractivity contribution >= 4 is 27.3 Å². The van der Waals surface area contributed by atoms with Crippen molar-refractivity contribution < 1.29 is 13.2 Å². The molecule has 0 spiro atoms. The zero-order valence-corrected chi connectivity index (χ0v) is 14.5. The molecule has 0 aliphatic carbocycles. The molecule has 2 heterocycles. The summed E-state index contributed by atoms with van der Waals surface area (Å²) >= 11 is 0. The number of aromatic nitrogens is 2. The Morgan fingerprint density at radius 1 is 1.38 bits per heavy atom. The van der Waals surface area contributed by atoms with Crippen molar-refractivity contribution in [2.45, 2.75) is 38.1 Å². The molecule has 0 atom stereocenters. The molecule has 2 aromatic rings. The van der Waals surface area contributed by atoms with Crippen LogP contribution in [0.4, 0.5) is 11.4 Å². The van der Waals surface area contributed by atoms with Crippen LogP contribution in [0.3, 0.4) is 0 Å². The number of carbonyl (C=O) groups excluding carboxylic acids is 1. The van der Waals surface area contributed by atoms with E-state index in [9.17, 15) is 13.2 Å². The highest BCUT2D eigenvalue weighted by Gasteiger charge is 2.32. The highest BCUT2D eigenvalue weighted by atomic mass is 32.2. The maximum absolute atomic E-state index is 13.1. The average molecular weight is 348 g/mol. The van der Waals surface area contributed by atoms with Crippen LogP contribution in [0.1, 0.15) is 25.8 Å². The first-order valence-corrected chi connectivity index (χ1v) is 9.32. The SMILES string of the molecule is CCn1cc(S(=O)(=O)N2CCCc3cccc(NC(C)=O)c32)cn1. The molecule has 0 unspecified atom stereocenters. The van der Waals surface area contributed by atoms with Crippen LogP contribution in [0.5, 0.6) is 0 Å². The van der Waals surface area contributed by atoms with E-state index in [1.54, 1.807) is 10.7 Å². The van der Waals surface area contributed by atoms with E-state index in [0.717, 1.165) is 18.4 Å². The second-order valence-electron chi connectivity index (χ2n) is 5.71. The molecule has 0 saturated heterocycles. The summed E-state index contributed by atoms with van der Waals surface area (Å²) in [5.74, 6) is -0.231. The van der Waals surface area contributed by atoms with Gasteiger partial charge in [0.2, 0.25) is 5.91 Å². The van der Waals surface area contributed by atoms with Crippen molar-refractivity contribution in [3.63, 3.8) is 0 Å². The quantitative estimate of drug-likeness (QED) is 0.916. The number of nitrogens with one attached hydrogen (secondary N) is 1. The average Bonchev–Trinajstić information content (AvgIpc) is 3.04. The second kappa shape index (κ2) is 6.27. The number of hydrogen-bond donors (Lipinski definition) is 1. The van der Waals surface area contributed by atoms with Crippen molar-refractivity contribution in [2.75, 3.05) is 16.2 Å². The van der Waals surface area contributed by atoms with Crippen LogP contribution in [-0.2, 0) is 27.8 Å². The van der Waals surface area contributed by atoms with Crippen LogP contribution in [0.15, 0.2) is 35.5 Å². The lowest BCUT2D eigenvalue weighted by Crippen LogP contribution is -2.36. The number of sulfonamides is 1. The summed E-state index contributed by atoms with van der Waals surface area (Å²) in [5.41, 5.74) is 1.99. The standard InChI is InChI=1S/C16H20N4O3S/c1-3-19-11-14(10-17-19)24(22,23)20-9-5-7-13-6-4-8-15(16(13)20)18-12(2)21/h4,6,8,10-11H,3,5,7,9H2,1-2H3,(H,18,21). The molecule has 0 bridgehead atoms. The number of rotatable bonds is 4. The summed E-state index contributed by atoms with van der Waals surface area (Å²) in [5, 5.41) is 6.80. The summed E-state index contributed by atoms with van der Waals surface area (Å²) in [7, 11) is -3.72. The molecule has 0 fully saturated rings. The molecule has 8 heteroatoms. The van der Waals surface area contributed by atoms with Gasteiger partial charge in [-0.15, -0.1) is 0 Å². The van der Waals surface area contributed by atoms with Gasteiger partial charge < -0.3 is 5.32 Å². The molecule has 0 radical (unpaired) electrons. The molecule has 1 aliphatic rings. The predicted molar refractivity (Wildman–Crippen MR) is 91.5 cm³/mol. The molecule has 3 rings (SSSR count). The van der Waals surface area contributed by atoms with Gasteiger partial charge in [-0.2, -0.15) is 5.10 Å². The van der Waals surface area contributed by atoms with Gasteiger partial charge in [0, 0.05) is 26.2 Å². The molecule has 1 aromatic carbocycles. The molecule has 7 nitrogen and oxygen atoms in total. The van der Waals surface area contributed by atoms with Gasteiger partial charge in [0.05, 0.1) is 17.6 Å². The Morgan fingerprint density at radius 2 is 2.17 bits per heavy atom. The Morgan fingerprint density at radius 3 is 2.83 bits per heavy atom. The topological polar surface area (TPSA) is 84.3 Å². The third-order valence-electron chi connectivity index (χ3n) is 4.01. The largest absolute Gasteiger partial charge is 0.325 e. The Labute approximate surface area is 141 Å². The number of anilines is 2. The summed E-state index contributed by atoms with van der Waals surface area (Å²) in [4.78, 5) is 11.6.